The molecule has 0 fully saturated rings. The zero-order valence-corrected chi connectivity index (χ0v) is 14.9. The predicted octanol–water partition coefficient (Wildman–Crippen LogP) is 6.24. The fourth-order valence-electron chi connectivity index (χ4n) is 2.98. The van der Waals surface area contributed by atoms with Crippen molar-refractivity contribution in [2.45, 2.75) is 4.90 Å². The van der Waals surface area contributed by atoms with E-state index in [4.69, 9.17) is 0 Å². The Morgan fingerprint density at radius 3 is 2.15 bits per heavy atom. The molecule has 0 aromatic heterocycles. The van der Waals surface area contributed by atoms with Gasteiger partial charge in [-0.25, -0.2) is 0 Å². The second-order valence-electron chi connectivity index (χ2n) is 5.90. The number of nitrogens with one attached hydrogen (secondary N) is 1. The first-order valence-corrected chi connectivity index (χ1v) is 9.23. The molecule has 0 bridgehead atoms. The Morgan fingerprint density at radius 2 is 1.35 bits per heavy atom. The van der Waals surface area contributed by atoms with Crippen molar-refractivity contribution >= 4 is 44.1 Å². The smallest absolute Gasteiger partial charge is 0.218 e. The summed E-state index contributed by atoms with van der Waals surface area (Å²) in [5.41, 5.74) is 0.988. The van der Waals surface area contributed by atoms with Crippen molar-refractivity contribution in [3.05, 3.63) is 97.2 Å². The van der Waals surface area contributed by atoms with Crippen LogP contribution in [0.5, 0.6) is 0 Å². The Kier molecular flexibility index (Phi) is 4.71. The minimum atomic E-state index is -0.00547. The SMILES string of the molecule is O=C(C=CNc1cccc2ccccc12)Sc1cccc2ccccc12. The summed E-state index contributed by atoms with van der Waals surface area (Å²) in [6.07, 6.45) is 3.29. The maximum absolute atomic E-state index is 12.3. The Bertz CT molecular complexity index is 1110. The van der Waals surface area contributed by atoms with Crippen molar-refractivity contribution in [2.24, 2.45) is 0 Å². The third-order valence-corrected chi connectivity index (χ3v) is 5.12. The van der Waals surface area contributed by atoms with Gasteiger partial charge in [-0.1, -0.05) is 72.8 Å². The van der Waals surface area contributed by atoms with Crippen molar-refractivity contribution < 1.29 is 4.79 Å². The van der Waals surface area contributed by atoms with E-state index in [9.17, 15) is 4.79 Å². The molecule has 4 rings (SSSR count). The van der Waals surface area contributed by atoms with Crippen LogP contribution in [0.3, 0.4) is 0 Å². The average Bonchev–Trinajstić information content (AvgIpc) is 2.68. The first kappa shape index (κ1) is 16.4. The molecule has 3 heteroatoms. The van der Waals surface area contributed by atoms with E-state index in [1.807, 2.05) is 54.6 Å². The van der Waals surface area contributed by atoms with Crippen LogP contribution >= 0.6 is 11.8 Å². The second kappa shape index (κ2) is 7.46. The number of carbonyl (C=O) groups excluding carboxylic acids is 1. The highest BCUT2D eigenvalue weighted by Crippen LogP contribution is 2.28. The molecule has 0 spiro atoms. The molecular formula is C23H17NOS. The molecule has 4 aromatic carbocycles. The van der Waals surface area contributed by atoms with Crippen LogP contribution in [0.1, 0.15) is 0 Å². The number of carbonyl (C=O) groups is 1. The fourth-order valence-corrected chi connectivity index (χ4v) is 3.77. The molecule has 0 unspecified atom stereocenters. The maximum atomic E-state index is 12.3. The summed E-state index contributed by atoms with van der Waals surface area (Å²) in [5.74, 6) is 0. The van der Waals surface area contributed by atoms with Crippen LogP contribution in [0, 0.1) is 0 Å². The lowest BCUT2D eigenvalue weighted by Gasteiger charge is -2.06. The summed E-state index contributed by atoms with van der Waals surface area (Å²) in [5, 5.41) is 7.77. The number of hydrogen-bond acceptors (Lipinski definition) is 3. The van der Waals surface area contributed by atoms with Crippen molar-refractivity contribution in [2.75, 3.05) is 5.32 Å². The Hall–Kier alpha value is -3.04. The minimum absolute atomic E-state index is 0.00547. The van der Waals surface area contributed by atoms with Gasteiger partial charge in [-0.2, -0.15) is 0 Å². The quantitative estimate of drug-likeness (QED) is 0.347. The van der Waals surface area contributed by atoms with Gasteiger partial charge in [0.25, 0.3) is 0 Å². The summed E-state index contributed by atoms with van der Waals surface area (Å²) in [4.78, 5) is 13.3. The maximum Gasteiger partial charge on any atom is 0.218 e. The second-order valence-corrected chi connectivity index (χ2v) is 6.95. The first-order valence-electron chi connectivity index (χ1n) is 8.42. The Morgan fingerprint density at radius 1 is 0.731 bits per heavy atom. The highest BCUT2D eigenvalue weighted by atomic mass is 32.2. The van der Waals surface area contributed by atoms with Gasteiger partial charge >= 0.3 is 0 Å². The topological polar surface area (TPSA) is 29.1 Å². The minimum Gasteiger partial charge on any atom is -0.361 e. The molecule has 4 aromatic rings. The summed E-state index contributed by atoms with van der Waals surface area (Å²) < 4.78 is 0. The van der Waals surface area contributed by atoms with E-state index in [1.54, 1.807) is 12.3 Å². The summed E-state index contributed by atoms with van der Waals surface area (Å²) in [6, 6.07) is 28.4. The predicted molar refractivity (Wildman–Crippen MR) is 112 cm³/mol. The zero-order valence-electron chi connectivity index (χ0n) is 14.1. The van der Waals surface area contributed by atoms with Crippen LogP contribution < -0.4 is 5.32 Å². The van der Waals surface area contributed by atoms with E-state index in [1.165, 1.54) is 17.1 Å². The lowest BCUT2D eigenvalue weighted by Crippen LogP contribution is -1.92. The number of fused-ring (bicyclic) bond motifs is 2. The number of rotatable bonds is 4. The van der Waals surface area contributed by atoms with Crippen molar-refractivity contribution in [1.29, 1.82) is 0 Å². The number of thioether (sulfide) groups is 1. The summed E-state index contributed by atoms with van der Waals surface area (Å²) in [7, 11) is 0. The third kappa shape index (κ3) is 3.48. The van der Waals surface area contributed by atoms with Crippen molar-refractivity contribution in [3.63, 3.8) is 0 Å². The van der Waals surface area contributed by atoms with Crippen molar-refractivity contribution in [1.82, 2.24) is 0 Å². The molecule has 0 amide bonds. The van der Waals surface area contributed by atoms with Crippen LogP contribution in [0.2, 0.25) is 0 Å². The Labute approximate surface area is 156 Å². The van der Waals surface area contributed by atoms with E-state index in [2.05, 4.69) is 35.6 Å². The van der Waals surface area contributed by atoms with E-state index >= 15 is 0 Å². The van der Waals surface area contributed by atoms with Gasteiger partial charge in [0, 0.05) is 28.2 Å². The van der Waals surface area contributed by atoms with Crippen LogP contribution in [-0.4, -0.2) is 5.12 Å². The number of hydrogen-bond donors (Lipinski definition) is 1. The van der Waals surface area contributed by atoms with Crippen LogP contribution in [0.25, 0.3) is 21.5 Å². The fraction of sp³-hybridized carbons (Fsp3) is 0. The molecule has 0 aliphatic rings. The van der Waals surface area contributed by atoms with E-state index in [-0.39, 0.29) is 5.12 Å². The van der Waals surface area contributed by atoms with Gasteiger partial charge in [-0.05, 0) is 40.1 Å². The molecule has 0 atom stereocenters. The molecule has 0 saturated heterocycles. The lowest BCUT2D eigenvalue weighted by molar-refractivity contribution is -0.107. The highest BCUT2D eigenvalue weighted by molar-refractivity contribution is 8.14. The van der Waals surface area contributed by atoms with Gasteiger partial charge in [0.2, 0.25) is 5.12 Å². The van der Waals surface area contributed by atoms with Gasteiger partial charge in [0.1, 0.15) is 0 Å². The van der Waals surface area contributed by atoms with E-state index < -0.39 is 0 Å². The van der Waals surface area contributed by atoms with Gasteiger partial charge in [-0.3, -0.25) is 4.79 Å². The van der Waals surface area contributed by atoms with Crippen LogP contribution in [0.15, 0.2) is 102 Å². The zero-order chi connectivity index (χ0) is 17.8. The molecule has 26 heavy (non-hydrogen) atoms. The lowest BCUT2D eigenvalue weighted by atomic mass is 10.1. The van der Waals surface area contributed by atoms with Gasteiger partial charge in [0.05, 0.1) is 0 Å². The normalized spacial score (nSPS) is 11.2. The molecule has 2 nitrogen and oxygen atoms in total. The van der Waals surface area contributed by atoms with Crippen molar-refractivity contribution in [3.8, 4) is 0 Å². The Balaban J connectivity index is 1.49. The number of benzene rings is 4. The third-order valence-electron chi connectivity index (χ3n) is 4.21. The van der Waals surface area contributed by atoms with Gasteiger partial charge < -0.3 is 5.32 Å². The average molecular weight is 355 g/mol. The van der Waals surface area contributed by atoms with Gasteiger partial charge in [-0.15, -0.1) is 0 Å². The van der Waals surface area contributed by atoms with Crippen LogP contribution in [-0.2, 0) is 4.79 Å². The van der Waals surface area contributed by atoms with E-state index in [0.29, 0.717) is 0 Å². The van der Waals surface area contributed by atoms with E-state index in [0.717, 1.165) is 26.7 Å². The molecule has 0 aliphatic heterocycles. The first-order chi connectivity index (χ1) is 12.8. The molecule has 126 valence electrons. The molecule has 0 aliphatic carbocycles. The molecule has 0 saturated carbocycles. The summed E-state index contributed by atoms with van der Waals surface area (Å²) in [6.45, 7) is 0. The summed E-state index contributed by atoms with van der Waals surface area (Å²) >= 11 is 1.25. The van der Waals surface area contributed by atoms with Crippen LogP contribution in [0.4, 0.5) is 5.69 Å². The molecule has 1 N–H and O–H groups in total. The molecule has 0 heterocycles. The monoisotopic (exact) mass is 355 g/mol. The van der Waals surface area contributed by atoms with Gasteiger partial charge in [0.15, 0.2) is 0 Å². The molecular weight excluding hydrogens is 338 g/mol. The largest absolute Gasteiger partial charge is 0.361 e. The standard InChI is InChI=1S/C23H17NOS/c25-23(26-22-14-6-10-18-8-2-4-12-20(18)22)15-16-24-21-13-5-9-17-7-1-3-11-19(17)21/h1-16,24H. The highest BCUT2D eigenvalue weighted by Gasteiger charge is 2.05. The number of anilines is 1. The molecule has 0 radical (unpaired) electrons.